The Morgan fingerprint density at radius 1 is 1.18 bits per heavy atom. The number of H-pyrrole nitrogens is 1. The first-order chi connectivity index (χ1) is 13.7. The lowest BCUT2D eigenvalue weighted by molar-refractivity contribution is -0.133. The van der Waals surface area contributed by atoms with Crippen LogP contribution in [-0.4, -0.2) is 28.5 Å². The molecular formula is C22H25N5O. The molecule has 4 atom stereocenters. The normalized spacial score (nSPS) is 27.4. The van der Waals surface area contributed by atoms with Crippen LogP contribution in [0.2, 0.25) is 0 Å². The van der Waals surface area contributed by atoms with Crippen molar-refractivity contribution in [3.8, 4) is 11.1 Å². The summed E-state index contributed by atoms with van der Waals surface area (Å²) in [5.74, 6) is 0.847. The van der Waals surface area contributed by atoms with Gasteiger partial charge in [-0.1, -0.05) is 30.3 Å². The van der Waals surface area contributed by atoms with Gasteiger partial charge in [-0.3, -0.25) is 10.2 Å². The van der Waals surface area contributed by atoms with Gasteiger partial charge in [0.2, 0.25) is 5.91 Å². The fourth-order valence-corrected chi connectivity index (χ4v) is 4.98. The van der Waals surface area contributed by atoms with Gasteiger partial charge in [0.1, 0.15) is 5.65 Å². The molecular weight excluding hydrogens is 350 g/mol. The summed E-state index contributed by atoms with van der Waals surface area (Å²) in [6.07, 6.45) is 6.89. The van der Waals surface area contributed by atoms with Crippen molar-refractivity contribution in [3.05, 3.63) is 54.4 Å². The number of carbonyl (C=O) groups excluding carboxylic acids is 1. The highest BCUT2D eigenvalue weighted by molar-refractivity contribution is 5.93. The van der Waals surface area contributed by atoms with Crippen molar-refractivity contribution >= 4 is 16.9 Å². The first kappa shape index (κ1) is 17.4. The molecule has 28 heavy (non-hydrogen) atoms. The summed E-state index contributed by atoms with van der Waals surface area (Å²) in [4.78, 5) is 20.2. The minimum Gasteiger partial charge on any atom is -0.346 e. The molecule has 1 aromatic carbocycles. The number of pyridine rings is 1. The monoisotopic (exact) mass is 375 g/mol. The Kier molecular flexibility index (Phi) is 4.37. The molecule has 2 aliphatic rings. The van der Waals surface area contributed by atoms with Crippen molar-refractivity contribution < 1.29 is 4.79 Å². The van der Waals surface area contributed by atoms with Gasteiger partial charge in [-0.2, -0.15) is 0 Å². The number of rotatable bonds is 3. The second-order valence-electron chi connectivity index (χ2n) is 7.99. The third kappa shape index (κ3) is 2.89. The van der Waals surface area contributed by atoms with Gasteiger partial charge >= 0.3 is 0 Å². The summed E-state index contributed by atoms with van der Waals surface area (Å²) >= 11 is 0. The van der Waals surface area contributed by atoms with E-state index in [1.807, 2.05) is 18.5 Å². The highest BCUT2D eigenvalue weighted by Crippen LogP contribution is 2.42. The molecule has 1 amide bonds. The van der Waals surface area contributed by atoms with Gasteiger partial charge in [-0.25, -0.2) is 10.4 Å². The fourth-order valence-electron chi connectivity index (χ4n) is 4.98. The van der Waals surface area contributed by atoms with Crippen molar-refractivity contribution in [2.24, 2.45) is 17.6 Å². The van der Waals surface area contributed by atoms with E-state index in [0.717, 1.165) is 30.3 Å². The van der Waals surface area contributed by atoms with Crippen LogP contribution in [0.1, 0.15) is 30.7 Å². The highest BCUT2D eigenvalue weighted by atomic mass is 16.2. The number of nitrogens with two attached hydrogens (primary N) is 1. The largest absolute Gasteiger partial charge is 0.346 e. The lowest BCUT2D eigenvalue weighted by Gasteiger charge is -2.43. The predicted octanol–water partition coefficient (Wildman–Crippen LogP) is 2.69. The van der Waals surface area contributed by atoms with Crippen LogP contribution in [0.4, 0.5) is 0 Å². The van der Waals surface area contributed by atoms with Gasteiger partial charge in [0.15, 0.2) is 0 Å². The molecule has 5 N–H and O–H groups in total. The molecule has 3 heterocycles. The number of hydrogen-bond acceptors (Lipinski definition) is 4. The molecule has 4 unspecified atom stereocenters. The number of benzene rings is 1. The zero-order valence-electron chi connectivity index (χ0n) is 15.7. The lowest BCUT2D eigenvalue weighted by Crippen LogP contribution is -2.62. The Balaban J connectivity index is 1.47. The van der Waals surface area contributed by atoms with Crippen LogP contribution in [0, 0.1) is 11.8 Å². The zero-order valence-corrected chi connectivity index (χ0v) is 15.7. The molecule has 1 aliphatic heterocycles. The molecule has 6 nitrogen and oxygen atoms in total. The maximum absolute atomic E-state index is 12.2. The predicted molar refractivity (Wildman–Crippen MR) is 109 cm³/mol. The number of aromatic nitrogens is 2. The van der Waals surface area contributed by atoms with Crippen molar-refractivity contribution in [1.82, 2.24) is 20.8 Å². The first-order valence-corrected chi connectivity index (χ1v) is 10.0. The maximum atomic E-state index is 12.2. The molecule has 1 saturated carbocycles. The van der Waals surface area contributed by atoms with Crippen LogP contribution in [0.25, 0.3) is 22.2 Å². The van der Waals surface area contributed by atoms with E-state index in [1.54, 1.807) is 0 Å². The van der Waals surface area contributed by atoms with Gasteiger partial charge in [0.25, 0.3) is 0 Å². The third-order valence-corrected chi connectivity index (χ3v) is 6.50. The molecule has 144 valence electrons. The summed E-state index contributed by atoms with van der Waals surface area (Å²) in [6.45, 7) is 0.529. The topological polar surface area (TPSA) is 95.8 Å². The number of hydrogen-bond donors (Lipinski definition) is 4. The van der Waals surface area contributed by atoms with Crippen LogP contribution < -0.4 is 16.6 Å². The van der Waals surface area contributed by atoms with Crippen molar-refractivity contribution in [3.63, 3.8) is 0 Å². The summed E-state index contributed by atoms with van der Waals surface area (Å²) in [5, 5.41) is 1.15. The second-order valence-corrected chi connectivity index (χ2v) is 7.99. The number of hydrazine groups is 1. The minimum absolute atomic E-state index is 0.0647. The van der Waals surface area contributed by atoms with Crippen molar-refractivity contribution in [2.45, 2.75) is 31.2 Å². The van der Waals surface area contributed by atoms with Crippen LogP contribution in [0.15, 0.2) is 48.8 Å². The molecule has 3 aromatic rings. The Labute approximate surface area is 163 Å². The second kappa shape index (κ2) is 7.04. The van der Waals surface area contributed by atoms with E-state index in [9.17, 15) is 4.79 Å². The maximum Gasteiger partial charge on any atom is 0.237 e. The van der Waals surface area contributed by atoms with E-state index in [2.05, 4.69) is 51.2 Å². The number of carbonyl (C=O) groups is 1. The van der Waals surface area contributed by atoms with Crippen LogP contribution in [-0.2, 0) is 4.79 Å². The van der Waals surface area contributed by atoms with Crippen LogP contribution in [0.3, 0.4) is 0 Å². The average Bonchev–Trinajstić information content (AvgIpc) is 3.18. The lowest BCUT2D eigenvalue weighted by atomic mass is 9.68. The molecule has 1 saturated heterocycles. The van der Waals surface area contributed by atoms with Gasteiger partial charge in [-0.15, -0.1) is 0 Å². The van der Waals surface area contributed by atoms with E-state index >= 15 is 0 Å². The van der Waals surface area contributed by atoms with Crippen molar-refractivity contribution in [2.75, 3.05) is 6.54 Å². The Bertz CT molecular complexity index is 999. The van der Waals surface area contributed by atoms with Gasteiger partial charge in [-0.05, 0) is 48.3 Å². The molecule has 2 aromatic heterocycles. The third-order valence-electron chi connectivity index (χ3n) is 6.50. The molecule has 2 fully saturated rings. The van der Waals surface area contributed by atoms with Crippen LogP contribution >= 0.6 is 0 Å². The summed E-state index contributed by atoms with van der Waals surface area (Å²) in [7, 11) is 0. The smallest absolute Gasteiger partial charge is 0.237 e. The molecule has 0 bridgehead atoms. The summed E-state index contributed by atoms with van der Waals surface area (Å²) < 4.78 is 0. The van der Waals surface area contributed by atoms with Crippen LogP contribution in [0.5, 0.6) is 0 Å². The van der Waals surface area contributed by atoms with E-state index in [-0.39, 0.29) is 23.8 Å². The number of nitrogens with one attached hydrogen (secondary N) is 3. The van der Waals surface area contributed by atoms with Gasteiger partial charge < -0.3 is 10.7 Å². The summed E-state index contributed by atoms with van der Waals surface area (Å²) in [6, 6.07) is 12.8. The molecule has 1 aliphatic carbocycles. The van der Waals surface area contributed by atoms with E-state index in [1.165, 1.54) is 16.7 Å². The van der Waals surface area contributed by atoms with E-state index in [4.69, 9.17) is 5.73 Å². The SMILES string of the molecule is NCC1NNC(=O)C2CCC(c3cnc4[nH]cc(-c5ccccc5)c4c3)CC12. The van der Waals surface area contributed by atoms with Crippen molar-refractivity contribution in [1.29, 1.82) is 0 Å². The Morgan fingerprint density at radius 3 is 2.86 bits per heavy atom. The van der Waals surface area contributed by atoms with E-state index in [0.29, 0.717) is 12.5 Å². The fraction of sp³-hybridized carbons (Fsp3) is 0.364. The molecule has 0 spiro atoms. The molecule has 6 heteroatoms. The zero-order chi connectivity index (χ0) is 19.1. The Hall–Kier alpha value is -2.70. The molecule has 5 rings (SSSR count). The van der Waals surface area contributed by atoms with Gasteiger partial charge in [0, 0.05) is 41.8 Å². The summed E-state index contributed by atoms with van der Waals surface area (Å²) in [5.41, 5.74) is 16.4. The highest BCUT2D eigenvalue weighted by Gasteiger charge is 2.42. The standard InChI is InChI=1S/C22H25N5O/c23-10-20-17-8-14(6-7-16(17)22(28)27-26-20)15-9-18-19(12-25-21(18)24-11-15)13-4-2-1-3-5-13/h1-5,9,11-12,14,16-17,20,26H,6-8,10,23H2,(H,24,25)(H,27,28). The number of aromatic amines is 1. The molecule has 0 radical (unpaired) electrons. The quantitative estimate of drug-likeness (QED) is 0.566. The minimum atomic E-state index is 0.0647. The average molecular weight is 375 g/mol. The Morgan fingerprint density at radius 2 is 2.04 bits per heavy atom. The van der Waals surface area contributed by atoms with Gasteiger partial charge in [0.05, 0.1) is 0 Å². The number of fused-ring (bicyclic) bond motifs is 2. The van der Waals surface area contributed by atoms with E-state index < -0.39 is 0 Å². The first-order valence-electron chi connectivity index (χ1n) is 10.0. The number of nitrogens with zero attached hydrogens (tertiary/aromatic N) is 1. The number of amides is 1.